The van der Waals surface area contributed by atoms with Gasteiger partial charge >= 0.3 is 5.97 Å². The Balaban J connectivity index is 2.46. The fourth-order valence-corrected chi connectivity index (χ4v) is 1.47. The van der Waals surface area contributed by atoms with Gasteiger partial charge in [-0.2, -0.15) is 5.26 Å². The van der Waals surface area contributed by atoms with Crippen LogP contribution < -0.4 is 0 Å². The Morgan fingerprint density at radius 2 is 2.44 bits per heavy atom. The molecule has 0 bridgehead atoms. The molecule has 1 heterocycles. The highest BCUT2D eigenvalue weighted by molar-refractivity contribution is 5.93. The van der Waals surface area contributed by atoms with Gasteiger partial charge in [0.1, 0.15) is 5.82 Å². The largest absolute Gasteiger partial charge is 0.465 e. The van der Waals surface area contributed by atoms with Gasteiger partial charge in [-0.15, -0.1) is 0 Å². The van der Waals surface area contributed by atoms with E-state index in [1.807, 2.05) is 6.07 Å². The van der Waals surface area contributed by atoms with Crippen LogP contribution in [0.1, 0.15) is 16.2 Å². The van der Waals surface area contributed by atoms with Crippen LogP contribution in [-0.2, 0) is 11.2 Å². The van der Waals surface area contributed by atoms with E-state index >= 15 is 0 Å². The standard InChI is InChI=1S/C11H9N3O2/c1-16-11(15)7-2-3-8-9(6-7)14-10(13-8)4-5-12/h2-3,6H,4H2,1H3,(H,13,14). The highest BCUT2D eigenvalue weighted by atomic mass is 16.5. The van der Waals surface area contributed by atoms with Crippen molar-refractivity contribution in [1.29, 1.82) is 5.26 Å². The van der Waals surface area contributed by atoms with Gasteiger partial charge in [-0.05, 0) is 18.2 Å². The third-order valence-corrected chi connectivity index (χ3v) is 2.20. The number of methoxy groups -OCH3 is 1. The molecular formula is C11H9N3O2. The van der Waals surface area contributed by atoms with Crippen molar-refractivity contribution >= 4 is 17.0 Å². The summed E-state index contributed by atoms with van der Waals surface area (Å²) in [6, 6.07) is 7.04. The number of aromatic amines is 1. The van der Waals surface area contributed by atoms with E-state index < -0.39 is 5.97 Å². The lowest BCUT2D eigenvalue weighted by molar-refractivity contribution is 0.0601. The Morgan fingerprint density at radius 3 is 3.12 bits per heavy atom. The van der Waals surface area contributed by atoms with Crippen LogP contribution in [0.25, 0.3) is 11.0 Å². The predicted octanol–water partition coefficient (Wildman–Crippen LogP) is 1.42. The van der Waals surface area contributed by atoms with E-state index in [0.29, 0.717) is 11.4 Å². The minimum Gasteiger partial charge on any atom is -0.465 e. The molecule has 0 amide bonds. The number of hydrogen-bond acceptors (Lipinski definition) is 4. The van der Waals surface area contributed by atoms with Gasteiger partial charge in [-0.3, -0.25) is 0 Å². The lowest BCUT2D eigenvalue weighted by Crippen LogP contribution is -2.00. The van der Waals surface area contributed by atoms with Crippen molar-refractivity contribution < 1.29 is 9.53 Å². The van der Waals surface area contributed by atoms with Crippen LogP contribution >= 0.6 is 0 Å². The SMILES string of the molecule is COC(=O)c1ccc2nc(CC#N)[nH]c2c1. The zero-order valence-electron chi connectivity index (χ0n) is 8.65. The minimum atomic E-state index is -0.390. The molecule has 0 spiro atoms. The number of nitriles is 1. The van der Waals surface area contributed by atoms with Gasteiger partial charge < -0.3 is 9.72 Å². The molecule has 0 atom stereocenters. The number of hydrogen-bond donors (Lipinski definition) is 1. The van der Waals surface area contributed by atoms with Crippen molar-refractivity contribution in [3.05, 3.63) is 29.6 Å². The van der Waals surface area contributed by atoms with Crippen LogP contribution in [0.5, 0.6) is 0 Å². The van der Waals surface area contributed by atoms with Gasteiger partial charge in [-0.1, -0.05) is 0 Å². The molecule has 0 saturated heterocycles. The minimum absolute atomic E-state index is 0.224. The first-order chi connectivity index (χ1) is 7.74. The zero-order chi connectivity index (χ0) is 11.5. The molecule has 16 heavy (non-hydrogen) atoms. The summed E-state index contributed by atoms with van der Waals surface area (Å²) < 4.78 is 4.61. The molecule has 0 aliphatic carbocycles. The molecule has 2 rings (SSSR count). The number of imidazole rings is 1. The first-order valence-corrected chi connectivity index (χ1v) is 4.68. The summed E-state index contributed by atoms with van der Waals surface area (Å²) in [6.07, 6.45) is 0.224. The van der Waals surface area contributed by atoms with Crippen LogP contribution in [0.15, 0.2) is 18.2 Å². The van der Waals surface area contributed by atoms with Crippen molar-refractivity contribution in [2.75, 3.05) is 7.11 Å². The lowest BCUT2D eigenvalue weighted by Gasteiger charge is -1.97. The lowest BCUT2D eigenvalue weighted by atomic mass is 10.2. The van der Waals surface area contributed by atoms with E-state index in [2.05, 4.69) is 14.7 Å². The van der Waals surface area contributed by atoms with Gasteiger partial charge in [0.05, 0.1) is 36.2 Å². The van der Waals surface area contributed by atoms with Gasteiger partial charge in [0, 0.05) is 0 Å². The van der Waals surface area contributed by atoms with Gasteiger partial charge in [0.15, 0.2) is 0 Å². The van der Waals surface area contributed by atoms with Crippen molar-refractivity contribution in [1.82, 2.24) is 9.97 Å². The number of ether oxygens (including phenoxy) is 1. The fourth-order valence-electron chi connectivity index (χ4n) is 1.47. The molecule has 1 N–H and O–H groups in total. The molecule has 0 unspecified atom stereocenters. The number of carbonyl (C=O) groups excluding carboxylic acids is 1. The van der Waals surface area contributed by atoms with Crippen LogP contribution in [-0.4, -0.2) is 23.0 Å². The topological polar surface area (TPSA) is 78.8 Å². The number of fused-ring (bicyclic) bond motifs is 1. The van der Waals surface area contributed by atoms with E-state index in [1.165, 1.54) is 7.11 Å². The molecular weight excluding hydrogens is 206 g/mol. The van der Waals surface area contributed by atoms with Crippen LogP contribution in [0, 0.1) is 11.3 Å². The van der Waals surface area contributed by atoms with Gasteiger partial charge in [-0.25, -0.2) is 9.78 Å². The molecule has 80 valence electrons. The Morgan fingerprint density at radius 1 is 1.62 bits per heavy atom. The number of nitrogens with one attached hydrogen (secondary N) is 1. The number of aromatic nitrogens is 2. The summed E-state index contributed by atoms with van der Waals surface area (Å²) in [5, 5.41) is 8.54. The summed E-state index contributed by atoms with van der Waals surface area (Å²) in [6.45, 7) is 0. The second kappa shape index (κ2) is 4.03. The molecule has 0 aliphatic rings. The zero-order valence-corrected chi connectivity index (χ0v) is 8.65. The highest BCUT2D eigenvalue weighted by Gasteiger charge is 2.08. The van der Waals surface area contributed by atoms with Crippen molar-refractivity contribution in [3.8, 4) is 6.07 Å². The van der Waals surface area contributed by atoms with E-state index in [9.17, 15) is 4.79 Å². The number of carbonyl (C=O) groups is 1. The van der Waals surface area contributed by atoms with Crippen molar-refractivity contribution in [3.63, 3.8) is 0 Å². The monoisotopic (exact) mass is 215 g/mol. The fraction of sp³-hybridized carbons (Fsp3) is 0.182. The maximum atomic E-state index is 11.3. The van der Waals surface area contributed by atoms with E-state index in [-0.39, 0.29) is 6.42 Å². The molecule has 1 aromatic carbocycles. The highest BCUT2D eigenvalue weighted by Crippen LogP contribution is 2.14. The third-order valence-electron chi connectivity index (χ3n) is 2.20. The third kappa shape index (κ3) is 1.73. The van der Waals surface area contributed by atoms with Crippen molar-refractivity contribution in [2.24, 2.45) is 0 Å². The molecule has 0 saturated carbocycles. The summed E-state index contributed by atoms with van der Waals surface area (Å²) in [4.78, 5) is 18.5. The maximum Gasteiger partial charge on any atom is 0.337 e. The van der Waals surface area contributed by atoms with Gasteiger partial charge in [0.25, 0.3) is 0 Å². The molecule has 5 heteroatoms. The number of benzene rings is 1. The average Bonchev–Trinajstić information content (AvgIpc) is 2.69. The number of H-pyrrole nitrogens is 1. The molecule has 5 nitrogen and oxygen atoms in total. The summed E-state index contributed by atoms with van der Waals surface area (Å²) in [7, 11) is 1.33. The molecule has 0 aliphatic heterocycles. The molecule has 0 radical (unpaired) electrons. The second-order valence-corrected chi connectivity index (χ2v) is 3.24. The van der Waals surface area contributed by atoms with Crippen molar-refractivity contribution in [2.45, 2.75) is 6.42 Å². The van der Waals surface area contributed by atoms with Gasteiger partial charge in [0.2, 0.25) is 0 Å². The summed E-state index contributed by atoms with van der Waals surface area (Å²) in [5.41, 5.74) is 1.92. The Labute approximate surface area is 91.7 Å². The first kappa shape index (κ1) is 10.2. The first-order valence-electron chi connectivity index (χ1n) is 4.68. The molecule has 2 aromatic rings. The van der Waals surface area contributed by atoms with E-state index in [4.69, 9.17) is 5.26 Å². The average molecular weight is 215 g/mol. The predicted molar refractivity (Wildman–Crippen MR) is 56.8 cm³/mol. The van der Waals surface area contributed by atoms with E-state index in [1.54, 1.807) is 18.2 Å². The number of nitrogens with zero attached hydrogens (tertiary/aromatic N) is 2. The Kier molecular flexibility index (Phi) is 2.56. The second-order valence-electron chi connectivity index (χ2n) is 3.24. The maximum absolute atomic E-state index is 11.3. The Hall–Kier alpha value is -2.35. The van der Waals surface area contributed by atoms with Crippen LogP contribution in [0.2, 0.25) is 0 Å². The number of esters is 1. The smallest absolute Gasteiger partial charge is 0.337 e. The van der Waals surface area contributed by atoms with Crippen LogP contribution in [0.4, 0.5) is 0 Å². The Bertz CT molecular complexity index is 580. The summed E-state index contributed by atoms with van der Waals surface area (Å²) >= 11 is 0. The molecule has 0 fully saturated rings. The van der Waals surface area contributed by atoms with E-state index in [0.717, 1.165) is 11.0 Å². The normalized spacial score (nSPS) is 10.0. The quantitative estimate of drug-likeness (QED) is 0.768. The number of rotatable bonds is 2. The van der Waals surface area contributed by atoms with Crippen LogP contribution in [0.3, 0.4) is 0 Å². The molecule has 1 aromatic heterocycles. The summed E-state index contributed by atoms with van der Waals surface area (Å²) in [5.74, 6) is 0.206.